The average molecular weight is 348 g/mol. The number of nitrogens with zero attached hydrogens (tertiary/aromatic N) is 1. The standard InChI is InChI=1S/C20H15NSe/c1-3-9-16(10-4-1)18-15-21-14-8-7-13-19(21)20(18)22-17-11-5-2-6-12-17/h1-15H. The second-order valence-electron chi connectivity index (χ2n) is 5.15. The first-order valence-electron chi connectivity index (χ1n) is 7.30. The molecule has 2 aromatic heterocycles. The van der Waals surface area contributed by atoms with Gasteiger partial charge in [0.2, 0.25) is 0 Å². The van der Waals surface area contributed by atoms with Gasteiger partial charge < -0.3 is 0 Å². The number of hydrogen-bond donors (Lipinski definition) is 0. The Kier molecular flexibility index (Phi) is 3.55. The Bertz CT molecular complexity index is 895. The van der Waals surface area contributed by atoms with Crippen LogP contribution in [0.3, 0.4) is 0 Å². The monoisotopic (exact) mass is 349 g/mol. The second kappa shape index (κ2) is 5.84. The topological polar surface area (TPSA) is 4.41 Å². The van der Waals surface area contributed by atoms with E-state index in [-0.39, 0.29) is 0 Å². The third-order valence-electron chi connectivity index (χ3n) is 3.68. The number of hydrogen-bond acceptors (Lipinski definition) is 0. The molecular formula is C20H15NSe. The van der Waals surface area contributed by atoms with Crippen molar-refractivity contribution < 1.29 is 0 Å². The van der Waals surface area contributed by atoms with Gasteiger partial charge in [-0.2, -0.15) is 0 Å². The molecule has 106 valence electrons. The number of rotatable bonds is 3. The maximum absolute atomic E-state index is 2.25. The third kappa shape index (κ3) is 2.48. The molecule has 4 rings (SSSR count). The first kappa shape index (κ1) is 13.4. The van der Waals surface area contributed by atoms with Gasteiger partial charge in [-0.05, 0) is 0 Å². The Morgan fingerprint density at radius 2 is 1.36 bits per heavy atom. The molecule has 0 aliphatic rings. The van der Waals surface area contributed by atoms with Crippen molar-refractivity contribution in [3.63, 3.8) is 0 Å². The van der Waals surface area contributed by atoms with Crippen molar-refractivity contribution in [1.29, 1.82) is 0 Å². The van der Waals surface area contributed by atoms with Gasteiger partial charge in [-0.1, -0.05) is 0 Å². The molecule has 0 spiro atoms. The van der Waals surface area contributed by atoms with E-state index in [4.69, 9.17) is 0 Å². The van der Waals surface area contributed by atoms with Gasteiger partial charge in [-0.3, -0.25) is 0 Å². The van der Waals surface area contributed by atoms with Crippen LogP contribution in [0.25, 0.3) is 16.6 Å². The molecule has 0 amide bonds. The second-order valence-corrected chi connectivity index (χ2v) is 7.42. The fourth-order valence-electron chi connectivity index (χ4n) is 2.63. The summed E-state index contributed by atoms with van der Waals surface area (Å²) in [6.45, 7) is 0. The van der Waals surface area contributed by atoms with Gasteiger partial charge in [0, 0.05) is 0 Å². The molecule has 22 heavy (non-hydrogen) atoms. The van der Waals surface area contributed by atoms with Crippen molar-refractivity contribution in [3.8, 4) is 11.1 Å². The molecule has 0 fully saturated rings. The fraction of sp³-hybridized carbons (Fsp3) is 0. The van der Waals surface area contributed by atoms with Gasteiger partial charge in [0.05, 0.1) is 0 Å². The molecule has 0 aliphatic carbocycles. The first-order chi connectivity index (χ1) is 10.9. The van der Waals surface area contributed by atoms with Crippen molar-refractivity contribution in [2.45, 2.75) is 0 Å². The van der Waals surface area contributed by atoms with Gasteiger partial charge in [-0.15, -0.1) is 0 Å². The van der Waals surface area contributed by atoms with E-state index in [1.807, 2.05) is 0 Å². The van der Waals surface area contributed by atoms with Crippen LogP contribution >= 0.6 is 0 Å². The van der Waals surface area contributed by atoms with Crippen molar-refractivity contribution in [2.75, 3.05) is 0 Å². The van der Waals surface area contributed by atoms with Crippen molar-refractivity contribution in [2.24, 2.45) is 0 Å². The maximum atomic E-state index is 2.25. The average Bonchev–Trinajstić information content (AvgIpc) is 2.95. The van der Waals surface area contributed by atoms with E-state index < -0.39 is 0 Å². The van der Waals surface area contributed by atoms with E-state index in [1.54, 1.807) is 0 Å². The van der Waals surface area contributed by atoms with Crippen LogP contribution < -0.4 is 8.92 Å². The molecule has 0 saturated heterocycles. The zero-order chi connectivity index (χ0) is 14.8. The number of benzene rings is 2. The Balaban J connectivity index is 1.91. The van der Waals surface area contributed by atoms with E-state index in [0.717, 1.165) is 0 Å². The molecule has 0 atom stereocenters. The predicted molar refractivity (Wildman–Crippen MR) is 94.3 cm³/mol. The number of pyridine rings is 1. The van der Waals surface area contributed by atoms with Crippen LogP contribution in [0.4, 0.5) is 0 Å². The molecule has 0 N–H and O–H groups in total. The summed E-state index contributed by atoms with van der Waals surface area (Å²) in [6, 6.07) is 27.9. The van der Waals surface area contributed by atoms with Crippen LogP contribution in [0.5, 0.6) is 0 Å². The van der Waals surface area contributed by atoms with Crippen LogP contribution in [0.1, 0.15) is 0 Å². The van der Waals surface area contributed by atoms with E-state index in [1.165, 1.54) is 25.6 Å². The van der Waals surface area contributed by atoms with Crippen LogP contribution in [0, 0.1) is 0 Å². The zero-order valence-corrected chi connectivity index (χ0v) is 13.7. The Morgan fingerprint density at radius 3 is 2.14 bits per heavy atom. The SMILES string of the molecule is c1ccc([Se]c2c(-c3ccccc3)cn3ccccc23)cc1. The van der Waals surface area contributed by atoms with Gasteiger partial charge in [-0.25, -0.2) is 0 Å². The molecule has 2 heteroatoms. The first-order valence-corrected chi connectivity index (χ1v) is 9.01. The summed E-state index contributed by atoms with van der Waals surface area (Å²) in [5.41, 5.74) is 3.94. The quantitative estimate of drug-likeness (QED) is 0.501. The van der Waals surface area contributed by atoms with Gasteiger partial charge >= 0.3 is 136 Å². The summed E-state index contributed by atoms with van der Waals surface area (Å²) in [7, 11) is 0. The Labute approximate surface area is 136 Å². The van der Waals surface area contributed by atoms with E-state index >= 15 is 0 Å². The number of aromatic nitrogens is 1. The third-order valence-corrected chi connectivity index (χ3v) is 6.08. The fourth-order valence-corrected chi connectivity index (χ4v) is 4.92. The van der Waals surface area contributed by atoms with E-state index in [9.17, 15) is 0 Å². The van der Waals surface area contributed by atoms with Crippen molar-refractivity contribution in [3.05, 3.63) is 91.3 Å². The summed E-state index contributed by atoms with van der Waals surface area (Å²) in [5, 5.41) is 0. The summed E-state index contributed by atoms with van der Waals surface area (Å²) in [4.78, 5) is 0. The summed E-state index contributed by atoms with van der Waals surface area (Å²) in [5.74, 6) is 0. The van der Waals surface area contributed by atoms with Crippen LogP contribution in [0.2, 0.25) is 0 Å². The molecular weight excluding hydrogens is 333 g/mol. The predicted octanol–water partition coefficient (Wildman–Crippen LogP) is 3.26. The summed E-state index contributed by atoms with van der Waals surface area (Å²) < 4.78 is 5.09. The number of fused-ring (bicyclic) bond motifs is 1. The molecule has 0 unspecified atom stereocenters. The summed E-state index contributed by atoms with van der Waals surface area (Å²) in [6.07, 6.45) is 4.39. The molecule has 2 aromatic carbocycles. The molecule has 2 heterocycles. The molecule has 0 saturated carbocycles. The minimum absolute atomic E-state index is 0.294. The van der Waals surface area contributed by atoms with Gasteiger partial charge in [0.15, 0.2) is 0 Å². The minimum atomic E-state index is 0.294. The van der Waals surface area contributed by atoms with E-state index in [2.05, 4.69) is 95.7 Å². The Morgan fingerprint density at radius 1 is 0.682 bits per heavy atom. The van der Waals surface area contributed by atoms with Crippen molar-refractivity contribution >= 4 is 29.4 Å². The van der Waals surface area contributed by atoms with Crippen LogP contribution in [0.15, 0.2) is 91.3 Å². The molecule has 1 nitrogen and oxygen atoms in total. The zero-order valence-electron chi connectivity index (χ0n) is 12.0. The van der Waals surface area contributed by atoms with Crippen molar-refractivity contribution in [1.82, 2.24) is 4.40 Å². The molecule has 0 bridgehead atoms. The van der Waals surface area contributed by atoms with Gasteiger partial charge in [0.1, 0.15) is 0 Å². The molecule has 0 radical (unpaired) electrons. The summed E-state index contributed by atoms with van der Waals surface area (Å²) >= 11 is 0.294. The van der Waals surface area contributed by atoms with Crippen LogP contribution in [-0.2, 0) is 0 Å². The van der Waals surface area contributed by atoms with E-state index in [0.29, 0.717) is 15.0 Å². The normalized spacial score (nSPS) is 10.9. The van der Waals surface area contributed by atoms with Crippen LogP contribution in [-0.4, -0.2) is 19.4 Å². The van der Waals surface area contributed by atoms with Gasteiger partial charge in [0.25, 0.3) is 0 Å². The Hall–Kier alpha value is -2.28. The molecule has 0 aliphatic heterocycles. The molecule has 4 aromatic rings.